The van der Waals surface area contributed by atoms with E-state index < -0.39 is 0 Å². The Hall–Kier alpha value is -1.91. The molecule has 23 heavy (non-hydrogen) atoms. The van der Waals surface area contributed by atoms with Gasteiger partial charge in [-0.25, -0.2) is 0 Å². The SMILES string of the molecule is Brc1ccc2nccc(N3CCO[C@H](c4ccccc4)C3)c2c1. The molecule has 0 N–H and O–H groups in total. The van der Waals surface area contributed by atoms with Crippen LogP contribution in [0, 0.1) is 0 Å². The number of nitrogens with zero attached hydrogens (tertiary/aromatic N) is 2. The third-order valence-corrected chi connectivity index (χ3v) is 4.75. The smallest absolute Gasteiger partial charge is 0.100 e. The van der Waals surface area contributed by atoms with Gasteiger partial charge in [-0.15, -0.1) is 0 Å². The summed E-state index contributed by atoms with van der Waals surface area (Å²) >= 11 is 3.57. The molecule has 0 aliphatic carbocycles. The molecule has 1 aromatic heterocycles. The predicted octanol–water partition coefficient (Wildman–Crippen LogP) is 4.58. The highest BCUT2D eigenvalue weighted by molar-refractivity contribution is 9.10. The molecule has 1 saturated heterocycles. The van der Waals surface area contributed by atoms with Crippen LogP contribution in [0.5, 0.6) is 0 Å². The molecule has 3 aromatic rings. The Bertz CT molecular complexity index is 822. The first-order valence-corrected chi connectivity index (χ1v) is 8.56. The van der Waals surface area contributed by atoms with E-state index in [9.17, 15) is 0 Å². The summed E-state index contributed by atoms with van der Waals surface area (Å²) in [5.74, 6) is 0. The summed E-state index contributed by atoms with van der Waals surface area (Å²) < 4.78 is 7.06. The van der Waals surface area contributed by atoms with Crippen LogP contribution in [0.3, 0.4) is 0 Å². The number of aromatic nitrogens is 1. The number of halogens is 1. The summed E-state index contributed by atoms with van der Waals surface area (Å²) in [5.41, 5.74) is 3.48. The fraction of sp³-hybridized carbons (Fsp3) is 0.211. The Balaban J connectivity index is 1.69. The minimum Gasteiger partial charge on any atom is -0.370 e. The van der Waals surface area contributed by atoms with Crippen molar-refractivity contribution in [3.63, 3.8) is 0 Å². The second-order valence-electron chi connectivity index (χ2n) is 5.71. The van der Waals surface area contributed by atoms with Gasteiger partial charge in [0, 0.05) is 34.8 Å². The molecule has 1 aliphatic rings. The number of hydrogen-bond donors (Lipinski definition) is 0. The van der Waals surface area contributed by atoms with Gasteiger partial charge in [-0.1, -0.05) is 46.3 Å². The van der Waals surface area contributed by atoms with Gasteiger partial charge in [0.2, 0.25) is 0 Å². The zero-order valence-electron chi connectivity index (χ0n) is 12.7. The molecule has 2 heterocycles. The van der Waals surface area contributed by atoms with Gasteiger partial charge in [0.25, 0.3) is 0 Å². The number of hydrogen-bond acceptors (Lipinski definition) is 3. The lowest BCUT2D eigenvalue weighted by molar-refractivity contribution is 0.0399. The van der Waals surface area contributed by atoms with Crippen LogP contribution in [0.15, 0.2) is 65.3 Å². The highest BCUT2D eigenvalue weighted by Crippen LogP contribution is 2.31. The molecule has 0 amide bonds. The lowest BCUT2D eigenvalue weighted by Crippen LogP contribution is -2.38. The van der Waals surface area contributed by atoms with E-state index in [-0.39, 0.29) is 6.10 Å². The zero-order chi connectivity index (χ0) is 15.6. The molecule has 116 valence electrons. The van der Waals surface area contributed by atoms with Crippen LogP contribution in [-0.4, -0.2) is 24.7 Å². The summed E-state index contributed by atoms with van der Waals surface area (Å²) in [6, 6.07) is 18.8. The van der Waals surface area contributed by atoms with E-state index in [1.807, 2.05) is 18.3 Å². The Morgan fingerprint density at radius 1 is 1.09 bits per heavy atom. The normalized spacial score (nSPS) is 18.3. The van der Waals surface area contributed by atoms with E-state index in [0.717, 1.165) is 29.7 Å². The molecule has 1 fully saturated rings. The lowest BCUT2D eigenvalue weighted by Gasteiger charge is -2.35. The van der Waals surface area contributed by atoms with Gasteiger partial charge in [-0.2, -0.15) is 0 Å². The third-order valence-electron chi connectivity index (χ3n) is 4.26. The van der Waals surface area contributed by atoms with Gasteiger partial charge in [0.15, 0.2) is 0 Å². The Morgan fingerprint density at radius 2 is 1.96 bits per heavy atom. The third kappa shape index (κ3) is 2.96. The number of morpholine rings is 1. The largest absolute Gasteiger partial charge is 0.370 e. The summed E-state index contributed by atoms with van der Waals surface area (Å²) in [4.78, 5) is 6.88. The molecule has 1 aliphatic heterocycles. The van der Waals surface area contributed by atoms with E-state index >= 15 is 0 Å². The van der Waals surface area contributed by atoms with Crippen LogP contribution in [0.4, 0.5) is 5.69 Å². The van der Waals surface area contributed by atoms with Gasteiger partial charge < -0.3 is 9.64 Å². The molecular weight excluding hydrogens is 352 g/mol. The molecule has 4 rings (SSSR count). The fourth-order valence-electron chi connectivity index (χ4n) is 3.12. The molecule has 2 aromatic carbocycles. The molecule has 0 unspecified atom stereocenters. The van der Waals surface area contributed by atoms with Gasteiger partial charge >= 0.3 is 0 Å². The number of fused-ring (bicyclic) bond motifs is 1. The maximum atomic E-state index is 5.98. The van der Waals surface area contributed by atoms with E-state index in [4.69, 9.17) is 4.74 Å². The molecule has 3 nitrogen and oxygen atoms in total. The van der Waals surface area contributed by atoms with Crippen molar-refractivity contribution in [1.29, 1.82) is 0 Å². The number of anilines is 1. The van der Waals surface area contributed by atoms with E-state index in [1.54, 1.807) is 0 Å². The van der Waals surface area contributed by atoms with Crippen LogP contribution >= 0.6 is 15.9 Å². The number of pyridine rings is 1. The summed E-state index contributed by atoms with van der Waals surface area (Å²) in [6.45, 7) is 2.49. The fourth-order valence-corrected chi connectivity index (χ4v) is 3.48. The molecular formula is C19H17BrN2O. The second kappa shape index (κ2) is 6.30. The molecule has 1 atom stereocenters. The quantitative estimate of drug-likeness (QED) is 0.662. The van der Waals surface area contributed by atoms with E-state index in [2.05, 4.69) is 68.3 Å². The maximum absolute atomic E-state index is 5.98. The molecule has 0 bridgehead atoms. The first-order valence-electron chi connectivity index (χ1n) is 7.77. The highest BCUT2D eigenvalue weighted by atomic mass is 79.9. The minimum absolute atomic E-state index is 0.111. The Kier molecular flexibility index (Phi) is 4.02. The average molecular weight is 369 g/mol. The Morgan fingerprint density at radius 3 is 2.83 bits per heavy atom. The standard InChI is InChI=1S/C19H17BrN2O/c20-15-6-7-17-16(12-15)18(8-9-21-17)22-10-11-23-19(13-22)14-4-2-1-3-5-14/h1-9,12,19H,10-11,13H2/t19-/m0/s1. The van der Waals surface area contributed by atoms with Crippen LogP contribution in [0.25, 0.3) is 10.9 Å². The maximum Gasteiger partial charge on any atom is 0.100 e. The first kappa shape index (κ1) is 14.7. The van der Waals surface area contributed by atoms with Crippen molar-refractivity contribution in [3.05, 3.63) is 70.8 Å². The molecule has 0 radical (unpaired) electrons. The Labute approximate surface area is 144 Å². The van der Waals surface area contributed by atoms with Crippen LogP contribution in [0.1, 0.15) is 11.7 Å². The van der Waals surface area contributed by atoms with E-state index in [0.29, 0.717) is 0 Å². The van der Waals surface area contributed by atoms with Gasteiger partial charge in [-0.3, -0.25) is 4.98 Å². The number of benzene rings is 2. The van der Waals surface area contributed by atoms with E-state index in [1.165, 1.54) is 16.6 Å². The van der Waals surface area contributed by atoms with Crippen molar-refractivity contribution in [3.8, 4) is 0 Å². The van der Waals surface area contributed by atoms with Crippen molar-refractivity contribution in [2.45, 2.75) is 6.10 Å². The number of ether oxygens (including phenoxy) is 1. The van der Waals surface area contributed by atoms with Crippen LogP contribution in [-0.2, 0) is 4.74 Å². The second-order valence-corrected chi connectivity index (χ2v) is 6.62. The summed E-state index contributed by atoms with van der Waals surface area (Å²) in [7, 11) is 0. The molecule has 0 spiro atoms. The van der Waals surface area contributed by atoms with Gasteiger partial charge in [-0.05, 0) is 29.8 Å². The van der Waals surface area contributed by atoms with Gasteiger partial charge in [0.1, 0.15) is 6.10 Å². The minimum atomic E-state index is 0.111. The topological polar surface area (TPSA) is 25.4 Å². The van der Waals surface area contributed by atoms with Crippen LogP contribution in [0.2, 0.25) is 0 Å². The lowest BCUT2D eigenvalue weighted by atomic mass is 10.1. The predicted molar refractivity (Wildman–Crippen MR) is 96.8 cm³/mol. The molecule has 4 heteroatoms. The number of rotatable bonds is 2. The van der Waals surface area contributed by atoms with Crippen molar-refractivity contribution < 1.29 is 4.74 Å². The van der Waals surface area contributed by atoms with Crippen molar-refractivity contribution in [2.75, 3.05) is 24.6 Å². The average Bonchev–Trinajstić information content (AvgIpc) is 2.62. The first-order chi connectivity index (χ1) is 11.3. The van der Waals surface area contributed by atoms with Gasteiger partial charge in [0.05, 0.1) is 12.1 Å². The zero-order valence-corrected chi connectivity index (χ0v) is 14.2. The van der Waals surface area contributed by atoms with Crippen LogP contribution < -0.4 is 4.90 Å². The summed E-state index contributed by atoms with van der Waals surface area (Å²) in [6.07, 6.45) is 2.00. The highest BCUT2D eigenvalue weighted by Gasteiger charge is 2.23. The van der Waals surface area contributed by atoms with Crippen molar-refractivity contribution >= 4 is 32.5 Å². The summed E-state index contributed by atoms with van der Waals surface area (Å²) in [5, 5.41) is 1.18. The van der Waals surface area contributed by atoms with Crippen molar-refractivity contribution in [2.24, 2.45) is 0 Å². The van der Waals surface area contributed by atoms with Crippen molar-refractivity contribution in [1.82, 2.24) is 4.98 Å². The molecule has 0 saturated carbocycles. The monoisotopic (exact) mass is 368 g/mol.